The van der Waals surface area contributed by atoms with Crippen LogP contribution in [-0.2, 0) is 19.2 Å². The third-order valence-electron chi connectivity index (χ3n) is 17.0. The SMILES string of the molecule is C[C@]12CCC3C(CCC4=CC(=O)CC[C@@H]43)C1CC[C@@H]2C(CCC(=O)O)(C(=O)O)[C@H]1CCC2C3CCC4=CC(=O)CC[C@@H]4C3CC[C@@]21C. The summed E-state index contributed by atoms with van der Waals surface area (Å²) in [6, 6.07) is 0. The number of aliphatic carboxylic acids is 2. The highest BCUT2D eigenvalue weighted by Gasteiger charge is 2.69. The predicted molar refractivity (Wildman–Crippen MR) is 178 cm³/mol. The molecule has 6 nitrogen and oxygen atoms in total. The molecule has 0 radical (unpaired) electrons. The Kier molecular flexibility index (Phi) is 7.76. The van der Waals surface area contributed by atoms with E-state index < -0.39 is 17.4 Å². The summed E-state index contributed by atoms with van der Waals surface area (Å²) in [4.78, 5) is 50.9. The lowest BCUT2D eigenvalue weighted by Gasteiger charge is -2.60. The van der Waals surface area contributed by atoms with Gasteiger partial charge in [-0.1, -0.05) is 25.0 Å². The van der Waals surface area contributed by atoms with Gasteiger partial charge in [0.2, 0.25) is 0 Å². The number of fused-ring (bicyclic) bond motifs is 10. The zero-order valence-electron chi connectivity index (χ0n) is 28.7. The van der Waals surface area contributed by atoms with Crippen LogP contribution in [0.25, 0.3) is 0 Å². The minimum atomic E-state index is -1.03. The molecule has 8 aliphatic rings. The quantitative estimate of drug-likeness (QED) is 0.300. The van der Waals surface area contributed by atoms with Crippen molar-refractivity contribution in [2.45, 2.75) is 129 Å². The van der Waals surface area contributed by atoms with E-state index in [4.69, 9.17) is 0 Å². The van der Waals surface area contributed by atoms with E-state index in [-0.39, 0.29) is 47.1 Å². The topological polar surface area (TPSA) is 109 Å². The highest BCUT2D eigenvalue weighted by atomic mass is 16.4. The average Bonchev–Trinajstić information content (AvgIpc) is 3.58. The maximum absolute atomic E-state index is 14.2. The van der Waals surface area contributed by atoms with Crippen LogP contribution in [0.2, 0.25) is 0 Å². The minimum Gasteiger partial charge on any atom is -0.481 e. The van der Waals surface area contributed by atoms with Crippen LogP contribution in [0.4, 0.5) is 0 Å². The molecule has 0 aromatic heterocycles. The number of allylic oxidation sites excluding steroid dienone is 2. The Morgan fingerprint density at radius 1 is 0.660 bits per heavy atom. The Balaban J connectivity index is 1.13. The van der Waals surface area contributed by atoms with Crippen LogP contribution < -0.4 is 0 Å². The zero-order valence-corrected chi connectivity index (χ0v) is 28.7. The number of ketones is 2. The molecule has 6 fully saturated rings. The number of rotatable bonds is 6. The zero-order chi connectivity index (χ0) is 32.9. The molecule has 0 aliphatic heterocycles. The predicted octanol–water partition coefficient (Wildman–Crippen LogP) is 8.44. The van der Waals surface area contributed by atoms with Crippen molar-refractivity contribution in [2.24, 2.45) is 75.4 Å². The Bertz CT molecular complexity index is 1330. The van der Waals surface area contributed by atoms with E-state index in [0.29, 0.717) is 60.2 Å². The van der Waals surface area contributed by atoms with E-state index in [1.54, 1.807) is 0 Å². The average molecular weight is 645 g/mol. The number of carboxylic acid groups (broad SMARTS) is 2. The molecule has 0 bridgehead atoms. The van der Waals surface area contributed by atoms with Gasteiger partial charge in [0, 0.05) is 19.3 Å². The Morgan fingerprint density at radius 2 is 1.13 bits per heavy atom. The van der Waals surface area contributed by atoms with Crippen LogP contribution in [0, 0.1) is 75.4 Å². The highest BCUT2D eigenvalue weighted by Crippen LogP contribution is 2.73. The van der Waals surface area contributed by atoms with Crippen LogP contribution in [0.5, 0.6) is 0 Å². The summed E-state index contributed by atoms with van der Waals surface area (Å²) >= 11 is 0. The first-order chi connectivity index (χ1) is 22.5. The van der Waals surface area contributed by atoms with Gasteiger partial charge in [0.25, 0.3) is 0 Å². The molecule has 12 atom stereocenters. The van der Waals surface area contributed by atoms with Gasteiger partial charge in [-0.25, -0.2) is 0 Å². The summed E-state index contributed by atoms with van der Waals surface area (Å²) in [6.07, 6.45) is 19.8. The van der Waals surface area contributed by atoms with Crippen LogP contribution in [0.15, 0.2) is 23.3 Å². The van der Waals surface area contributed by atoms with E-state index in [1.807, 2.05) is 12.2 Å². The number of carbonyl (C=O) groups is 4. The number of hydrogen-bond acceptors (Lipinski definition) is 4. The fraction of sp³-hybridized carbons (Fsp3) is 0.805. The lowest BCUT2D eigenvalue weighted by molar-refractivity contribution is -0.177. The van der Waals surface area contributed by atoms with E-state index in [0.717, 1.165) is 89.9 Å². The number of carbonyl (C=O) groups excluding carboxylic acids is 2. The van der Waals surface area contributed by atoms with Gasteiger partial charge in [0.1, 0.15) is 0 Å². The summed E-state index contributed by atoms with van der Waals surface area (Å²) in [6.45, 7) is 4.84. The normalized spacial score (nSPS) is 46.8. The van der Waals surface area contributed by atoms with E-state index in [1.165, 1.54) is 11.1 Å². The molecular formula is C41H56O6. The molecule has 0 spiro atoms. The second-order valence-electron chi connectivity index (χ2n) is 18.2. The van der Waals surface area contributed by atoms with Gasteiger partial charge in [-0.3, -0.25) is 19.2 Å². The van der Waals surface area contributed by atoms with E-state index in [2.05, 4.69) is 13.8 Å². The first-order valence-electron chi connectivity index (χ1n) is 19.4. The van der Waals surface area contributed by atoms with Gasteiger partial charge in [-0.15, -0.1) is 0 Å². The van der Waals surface area contributed by atoms with Crippen molar-refractivity contribution in [3.05, 3.63) is 23.3 Å². The standard InChI is InChI=1S/C41H56O6/c1-39-18-15-29-27-9-5-25(42)21-23(27)3-7-31(29)33(39)11-13-35(39)41(38(46)47,20-17-37(44)45)36-14-12-34-32-8-4-24-22-26(43)6-10-28(24)30(32)16-19-40(34,36)2/h21-22,27-36H,3-20H2,1-2H3,(H,44,45)(H,46,47)/t27-,28-,29?,30?,31?,32?,33?,34?,35-,36-,39-,40-,41?/m0/s1. The molecule has 0 aromatic carbocycles. The third kappa shape index (κ3) is 4.68. The maximum atomic E-state index is 14.2. The molecule has 6 heteroatoms. The van der Waals surface area contributed by atoms with Gasteiger partial charge < -0.3 is 10.2 Å². The molecule has 0 saturated heterocycles. The Hall–Kier alpha value is -2.24. The first-order valence-corrected chi connectivity index (χ1v) is 19.4. The minimum absolute atomic E-state index is 0.00813. The van der Waals surface area contributed by atoms with E-state index >= 15 is 0 Å². The molecule has 6 saturated carbocycles. The third-order valence-corrected chi connectivity index (χ3v) is 17.0. The molecule has 0 heterocycles. The Labute approximate surface area is 280 Å². The molecule has 2 N–H and O–H groups in total. The number of carboxylic acids is 2. The first kappa shape index (κ1) is 32.0. The maximum Gasteiger partial charge on any atom is 0.310 e. The van der Waals surface area contributed by atoms with Crippen molar-refractivity contribution in [1.29, 1.82) is 0 Å². The van der Waals surface area contributed by atoms with Crippen LogP contribution >= 0.6 is 0 Å². The summed E-state index contributed by atoms with van der Waals surface area (Å²) in [7, 11) is 0. The highest BCUT2D eigenvalue weighted by molar-refractivity contribution is 5.91. The molecule has 8 rings (SSSR count). The lowest BCUT2D eigenvalue weighted by atomic mass is 9.44. The molecule has 0 amide bonds. The monoisotopic (exact) mass is 644 g/mol. The summed E-state index contributed by atoms with van der Waals surface area (Å²) < 4.78 is 0. The molecule has 0 aromatic rings. The fourth-order valence-corrected chi connectivity index (χ4v) is 15.4. The largest absolute Gasteiger partial charge is 0.481 e. The number of hydrogen-bond donors (Lipinski definition) is 2. The summed E-state index contributed by atoms with van der Waals surface area (Å²) in [5.74, 6) is 3.31. The van der Waals surface area contributed by atoms with Crippen molar-refractivity contribution >= 4 is 23.5 Å². The van der Waals surface area contributed by atoms with Crippen molar-refractivity contribution in [3.8, 4) is 0 Å². The van der Waals surface area contributed by atoms with Crippen molar-refractivity contribution in [1.82, 2.24) is 0 Å². The van der Waals surface area contributed by atoms with Crippen molar-refractivity contribution in [2.75, 3.05) is 0 Å². The molecule has 6 unspecified atom stereocenters. The van der Waals surface area contributed by atoms with Crippen LogP contribution in [0.1, 0.15) is 129 Å². The second-order valence-corrected chi connectivity index (χ2v) is 18.2. The molecule has 47 heavy (non-hydrogen) atoms. The van der Waals surface area contributed by atoms with Crippen molar-refractivity contribution in [3.63, 3.8) is 0 Å². The second kappa shape index (κ2) is 11.4. The molecule has 8 aliphatic carbocycles. The smallest absolute Gasteiger partial charge is 0.310 e. The molecule has 256 valence electrons. The van der Waals surface area contributed by atoms with Gasteiger partial charge in [0.05, 0.1) is 5.41 Å². The van der Waals surface area contributed by atoms with Crippen molar-refractivity contribution < 1.29 is 29.4 Å². The van der Waals surface area contributed by atoms with Gasteiger partial charge >= 0.3 is 11.9 Å². The van der Waals surface area contributed by atoms with Gasteiger partial charge in [-0.2, -0.15) is 0 Å². The van der Waals surface area contributed by atoms with Gasteiger partial charge in [-0.05, 0) is 178 Å². The van der Waals surface area contributed by atoms with Crippen LogP contribution in [0.3, 0.4) is 0 Å². The fourth-order valence-electron chi connectivity index (χ4n) is 15.4. The van der Waals surface area contributed by atoms with E-state index in [9.17, 15) is 29.4 Å². The molecular weight excluding hydrogens is 588 g/mol. The van der Waals surface area contributed by atoms with Gasteiger partial charge in [0.15, 0.2) is 11.6 Å². The lowest BCUT2D eigenvalue weighted by Crippen LogP contribution is -2.57. The summed E-state index contributed by atoms with van der Waals surface area (Å²) in [5.41, 5.74) is 1.53. The van der Waals surface area contributed by atoms with Crippen LogP contribution in [-0.4, -0.2) is 33.7 Å². The summed E-state index contributed by atoms with van der Waals surface area (Å²) in [5, 5.41) is 21.7. The Morgan fingerprint density at radius 3 is 1.55 bits per heavy atom.